The summed E-state index contributed by atoms with van der Waals surface area (Å²) in [5.41, 5.74) is 8.30. The molecule has 9 aromatic carbocycles. The second kappa shape index (κ2) is 16.7. The molecule has 366 valence electrons. The van der Waals surface area contributed by atoms with Gasteiger partial charge in [0, 0.05) is 127 Å². The summed E-state index contributed by atoms with van der Waals surface area (Å²) in [4.78, 5) is 8.77. The van der Waals surface area contributed by atoms with Crippen molar-refractivity contribution in [2.45, 2.75) is 26.2 Å². The molecule has 0 aliphatic carbocycles. The molecule has 0 atom stereocenters. The second-order valence-corrected chi connectivity index (χ2v) is 19.9. The minimum atomic E-state index is -2.67. The van der Waals surface area contributed by atoms with Gasteiger partial charge in [-0.15, -0.1) is 48.1 Å². The first kappa shape index (κ1) is 35.5. The van der Waals surface area contributed by atoms with Crippen molar-refractivity contribution in [1.82, 2.24) is 23.3 Å². The minimum Gasteiger partial charge on any atom is -0.509 e. The van der Waals surface area contributed by atoms with Gasteiger partial charge in [0.1, 0.15) is 5.82 Å². The summed E-state index contributed by atoms with van der Waals surface area (Å²) < 4.78 is 103. The second-order valence-electron chi connectivity index (χ2n) is 19.9. The van der Waals surface area contributed by atoms with Gasteiger partial charge in [0.25, 0.3) is 0 Å². The zero-order chi connectivity index (χ0) is 58.0. The quantitative estimate of drug-likeness (QED) is 0.156. The van der Waals surface area contributed by atoms with E-state index in [-0.39, 0.29) is 50.6 Å². The summed E-state index contributed by atoms with van der Waals surface area (Å²) in [7, 11) is 0. The van der Waals surface area contributed by atoms with Crippen LogP contribution < -0.4 is 14.5 Å². The summed E-state index contributed by atoms with van der Waals surface area (Å²) in [6, 6.07) is 57.9. The Kier molecular flexibility index (Phi) is 7.93. The van der Waals surface area contributed by atoms with Gasteiger partial charge >= 0.3 is 0 Å². The largest absolute Gasteiger partial charge is 0.509 e. The SMILES string of the molecule is [2H]c1c([2H])c([2H])c2c(c1[2H])c1ccccc1n2-c1ccc2c(c1)c1ccc(Oc3[c-]c(N4[CH-]N(c5c6c(cc7c8ccccc8n(C([2H])([2H])[2H])c57)c5ccccc5n6C([2H])([2H])[2H])c5ccccc54)ccc3)[c-]c1n2-c1cc(C(C)(C)C)ccn1.[Pt]. The van der Waals surface area contributed by atoms with Gasteiger partial charge in [0.15, 0.2) is 0 Å². The van der Waals surface area contributed by atoms with Gasteiger partial charge in [0.05, 0.1) is 33.2 Å². The zero-order valence-corrected chi connectivity index (χ0v) is 42.9. The number of aromatic nitrogens is 5. The molecule has 0 fully saturated rings. The molecule has 1 aliphatic heterocycles. The number of nitrogens with zero attached hydrogens (tertiary/aromatic N) is 7. The Labute approximate surface area is 462 Å². The van der Waals surface area contributed by atoms with Crippen molar-refractivity contribution >= 4 is 110 Å². The van der Waals surface area contributed by atoms with Crippen molar-refractivity contribution in [2.75, 3.05) is 9.80 Å². The van der Waals surface area contributed by atoms with E-state index >= 15 is 0 Å². The van der Waals surface area contributed by atoms with Crippen LogP contribution in [-0.4, -0.2) is 23.3 Å². The van der Waals surface area contributed by atoms with E-state index in [2.05, 4.69) is 43.5 Å². The predicted molar refractivity (Wildman–Crippen MR) is 305 cm³/mol. The molecule has 1 aliphatic rings. The number of benzene rings is 9. The molecule has 0 N–H and O–H groups in total. The van der Waals surface area contributed by atoms with Crippen LogP contribution >= 0.6 is 0 Å². The van der Waals surface area contributed by atoms with Crippen LogP contribution in [0.2, 0.25) is 0 Å². The van der Waals surface area contributed by atoms with Gasteiger partial charge in [-0.2, -0.15) is 12.1 Å². The molecule has 5 aromatic heterocycles. The third-order valence-corrected chi connectivity index (χ3v) is 14.7. The van der Waals surface area contributed by atoms with Gasteiger partial charge in [-0.25, -0.2) is 4.98 Å². The first-order chi connectivity index (χ1) is 40.3. The Balaban J connectivity index is 0.00000640. The fraction of sp³-hybridized carbons (Fsp3) is 0.0909. The topological polar surface area (TPSA) is 48.3 Å². The number of aryl methyl sites for hydroxylation is 2. The predicted octanol–water partition coefficient (Wildman–Crippen LogP) is 16.7. The van der Waals surface area contributed by atoms with Crippen LogP contribution in [0.15, 0.2) is 194 Å². The standard InChI is InChI=1S/C66H48N7O.Pt/c1-66(2,3)41-33-34-67-62(35-41)73-58-32-29-43(72-56-25-12-8-19-46(56)47-20-9-13-26-57(47)72)37-51(58)50-31-30-45(38-61(50)73)74-44-18-16-17-42(36-44)70-40-71(60-28-15-14-27-59(60)70)65-63-52(48-21-6-10-23-54(48)68(63)4)39-53-49-22-7-11-24-55(49)69(5)64(53)65;/h6-35,37,39-40H,1-5H3;/q-3;/i4D3,5D3,8D,12D,19D,25D;. The molecule has 14 aromatic rings. The summed E-state index contributed by atoms with van der Waals surface area (Å²) >= 11 is 0. The van der Waals surface area contributed by atoms with Crippen LogP contribution in [0.3, 0.4) is 0 Å². The average Bonchev–Trinajstić information content (AvgIpc) is 1.58. The smallest absolute Gasteiger partial charge is 0.135 e. The van der Waals surface area contributed by atoms with Crippen molar-refractivity contribution in [1.29, 1.82) is 0 Å². The molecule has 9 heteroatoms. The number of anilines is 4. The Morgan fingerprint density at radius 1 is 0.533 bits per heavy atom. The summed E-state index contributed by atoms with van der Waals surface area (Å²) in [5.74, 6) is 1.43. The molecule has 6 heterocycles. The van der Waals surface area contributed by atoms with Crippen LogP contribution in [0.4, 0.5) is 22.7 Å². The van der Waals surface area contributed by atoms with Crippen molar-refractivity contribution in [2.24, 2.45) is 14.0 Å². The van der Waals surface area contributed by atoms with Gasteiger partial charge in [0.2, 0.25) is 0 Å². The number of hydrogen-bond acceptors (Lipinski definition) is 4. The van der Waals surface area contributed by atoms with E-state index in [1.807, 2.05) is 173 Å². The van der Waals surface area contributed by atoms with E-state index in [1.165, 1.54) is 9.13 Å². The first-order valence-electron chi connectivity index (χ1n) is 29.5. The number of rotatable bonds is 6. The summed E-state index contributed by atoms with van der Waals surface area (Å²) in [6.45, 7) is 2.99. The van der Waals surface area contributed by atoms with Crippen molar-refractivity contribution < 1.29 is 39.5 Å². The van der Waals surface area contributed by atoms with E-state index in [4.69, 9.17) is 23.4 Å². The molecule has 0 unspecified atom stereocenters. The fourth-order valence-electron chi connectivity index (χ4n) is 11.3. The summed E-state index contributed by atoms with van der Waals surface area (Å²) in [5, 5.41) is 5.62. The van der Waals surface area contributed by atoms with Crippen molar-refractivity contribution in [3.8, 4) is 23.0 Å². The number of para-hydroxylation sites is 6. The molecule has 0 saturated carbocycles. The van der Waals surface area contributed by atoms with Crippen LogP contribution in [0.25, 0.3) is 98.7 Å². The molecule has 0 amide bonds. The Bertz CT molecular complexity index is 5040. The minimum absolute atomic E-state index is 0. The van der Waals surface area contributed by atoms with Crippen LogP contribution in [0, 0.1) is 18.8 Å². The van der Waals surface area contributed by atoms with E-state index in [0.717, 1.165) is 49.2 Å². The van der Waals surface area contributed by atoms with E-state index < -0.39 is 14.0 Å². The zero-order valence-electron chi connectivity index (χ0n) is 50.6. The van der Waals surface area contributed by atoms with Crippen molar-refractivity contribution in [3.05, 3.63) is 219 Å². The van der Waals surface area contributed by atoms with E-state index in [0.29, 0.717) is 89.3 Å². The van der Waals surface area contributed by atoms with E-state index in [1.54, 1.807) is 12.1 Å². The Morgan fingerprint density at radius 2 is 1.17 bits per heavy atom. The monoisotopic (exact) mass is 1160 g/mol. The molecule has 0 bridgehead atoms. The number of pyridine rings is 1. The molecule has 15 rings (SSSR count). The summed E-state index contributed by atoms with van der Waals surface area (Å²) in [6.07, 6.45) is 1.81. The van der Waals surface area contributed by atoms with Gasteiger partial charge in [-0.05, 0) is 89.1 Å². The molecule has 8 nitrogen and oxygen atoms in total. The van der Waals surface area contributed by atoms with Gasteiger partial charge < -0.3 is 32.8 Å². The third-order valence-electron chi connectivity index (χ3n) is 14.7. The van der Waals surface area contributed by atoms with Crippen LogP contribution in [0.5, 0.6) is 11.5 Å². The average molecular weight is 1160 g/mol. The maximum absolute atomic E-state index is 9.14. The fourth-order valence-corrected chi connectivity index (χ4v) is 11.3. The molecular formula is C66H48N7OPt-3. The molecule has 0 radical (unpaired) electrons. The first-order valence-corrected chi connectivity index (χ1v) is 24.5. The number of fused-ring (bicyclic) bond motifs is 13. The maximum Gasteiger partial charge on any atom is 0.135 e. The third kappa shape index (κ3) is 6.68. The number of hydrogen-bond donors (Lipinski definition) is 0. The van der Waals surface area contributed by atoms with Crippen molar-refractivity contribution in [3.63, 3.8) is 0 Å². The molecular weight excluding hydrogens is 1100 g/mol. The van der Waals surface area contributed by atoms with Crippen LogP contribution in [0.1, 0.15) is 40.0 Å². The maximum atomic E-state index is 9.14. The Morgan fingerprint density at radius 3 is 1.89 bits per heavy atom. The normalized spacial score (nSPS) is 15.2. The van der Waals surface area contributed by atoms with Gasteiger partial charge in [-0.1, -0.05) is 111 Å². The molecule has 75 heavy (non-hydrogen) atoms. The van der Waals surface area contributed by atoms with E-state index in [9.17, 15) is 0 Å². The van der Waals surface area contributed by atoms with Crippen LogP contribution in [-0.2, 0) is 40.4 Å². The Hall–Kier alpha value is -8.58. The molecule has 0 saturated heterocycles. The number of ether oxygens (including phenoxy) is 1. The van der Waals surface area contributed by atoms with Gasteiger partial charge in [-0.3, -0.25) is 0 Å². The molecule has 0 spiro atoms.